The van der Waals surface area contributed by atoms with E-state index in [4.69, 9.17) is 5.11 Å². The molecule has 7 heteroatoms. The average Bonchev–Trinajstić information content (AvgIpc) is 2.46. The maximum atomic E-state index is 11.5. The summed E-state index contributed by atoms with van der Waals surface area (Å²) >= 11 is 0. The van der Waals surface area contributed by atoms with Crippen LogP contribution in [-0.4, -0.2) is 42.8 Å². The molecule has 0 aliphatic heterocycles. The van der Waals surface area contributed by atoms with E-state index in [-0.39, 0.29) is 5.56 Å². The zero-order valence-electron chi connectivity index (χ0n) is 11.9. The van der Waals surface area contributed by atoms with E-state index < -0.39 is 24.0 Å². The molecule has 1 aromatic carbocycles. The number of rotatable bonds is 6. The molecular weight excluding hydrogens is 276 g/mol. The second-order valence-corrected chi connectivity index (χ2v) is 4.40. The number of carboxylic acids is 1. The van der Waals surface area contributed by atoms with Gasteiger partial charge in [-0.3, -0.25) is 0 Å². The van der Waals surface area contributed by atoms with Gasteiger partial charge in [0.25, 0.3) is 0 Å². The zero-order valence-corrected chi connectivity index (χ0v) is 11.9. The molecule has 21 heavy (non-hydrogen) atoms. The van der Waals surface area contributed by atoms with Crippen molar-refractivity contribution in [2.24, 2.45) is 0 Å². The van der Waals surface area contributed by atoms with Gasteiger partial charge in [-0.1, -0.05) is 12.1 Å². The molecule has 1 rings (SSSR count). The number of esters is 1. The second kappa shape index (κ2) is 7.88. The van der Waals surface area contributed by atoms with E-state index in [1.54, 1.807) is 12.1 Å². The van der Waals surface area contributed by atoms with E-state index in [1.165, 1.54) is 26.2 Å². The minimum atomic E-state index is -0.976. The van der Waals surface area contributed by atoms with E-state index in [9.17, 15) is 14.4 Å². The topological polar surface area (TPSA) is 105 Å². The summed E-state index contributed by atoms with van der Waals surface area (Å²) in [5.74, 6) is -1.50. The first-order chi connectivity index (χ1) is 9.93. The predicted molar refractivity (Wildman–Crippen MR) is 75.1 cm³/mol. The molecule has 1 unspecified atom stereocenters. The Kier molecular flexibility index (Phi) is 6.19. The minimum Gasteiger partial charge on any atom is -0.478 e. The van der Waals surface area contributed by atoms with E-state index in [1.807, 2.05) is 0 Å². The standard InChI is InChI=1S/C14H18N2O5/c1-9(13(19)21-2)16-14(20)15-8-7-10-3-5-11(6-4-10)12(17)18/h3-6,9H,7-8H2,1-2H3,(H,17,18)(H2,15,16,20). The number of amides is 2. The fourth-order valence-electron chi connectivity index (χ4n) is 1.62. The highest BCUT2D eigenvalue weighted by Gasteiger charge is 2.15. The number of carboxylic acid groups (broad SMARTS) is 1. The van der Waals surface area contributed by atoms with Crippen molar-refractivity contribution in [1.82, 2.24) is 10.6 Å². The van der Waals surface area contributed by atoms with Crippen LogP contribution >= 0.6 is 0 Å². The molecule has 1 aromatic rings. The number of nitrogens with one attached hydrogen (secondary N) is 2. The van der Waals surface area contributed by atoms with Crippen LogP contribution in [0.15, 0.2) is 24.3 Å². The SMILES string of the molecule is COC(=O)C(C)NC(=O)NCCc1ccc(C(=O)O)cc1. The van der Waals surface area contributed by atoms with Gasteiger partial charge < -0.3 is 20.5 Å². The summed E-state index contributed by atoms with van der Waals surface area (Å²) < 4.78 is 4.49. The second-order valence-electron chi connectivity index (χ2n) is 4.40. The monoisotopic (exact) mass is 294 g/mol. The maximum Gasteiger partial charge on any atom is 0.335 e. The lowest BCUT2D eigenvalue weighted by Gasteiger charge is -2.12. The fourth-order valence-corrected chi connectivity index (χ4v) is 1.62. The van der Waals surface area contributed by atoms with Gasteiger partial charge in [0.15, 0.2) is 0 Å². The number of carbonyl (C=O) groups excluding carboxylic acids is 2. The van der Waals surface area contributed by atoms with Crippen LogP contribution in [0.3, 0.4) is 0 Å². The van der Waals surface area contributed by atoms with Crippen molar-refractivity contribution in [1.29, 1.82) is 0 Å². The molecule has 0 aliphatic rings. The van der Waals surface area contributed by atoms with E-state index in [0.717, 1.165) is 5.56 Å². The average molecular weight is 294 g/mol. The highest BCUT2D eigenvalue weighted by molar-refractivity contribution is 5.87. The third-order valence-corrected chi connectivity index (χ3v) is 2.80. The van der Waals surface area contributed by atoms with Crippen LogP contribution in [0, 0.1) is 0 Å². The van der Waals surface area contributed by atoms with Crippen molar-refractivity contribution >= 4 is 18.0 Å². The largest absolute Gasteiger partial charge is 0.478 e. The molecule has 0 radical (unpaired) electrons. The van der Waals surface area contributed by atoms with Crippen molar-refractivity contribution in [3.63, 3.8) is 0 Å². The van der Waals surface area contributed by atoms with Crippen LogP contribution in [0.5, 0.6) is 0 Å². The Bertz CT molecular complexity index is 513. The fraction of sp³-hybridized carbons (Fsp3) is 0.357. The van der Waals surface area contributed by atoms with Crippen LogP contribution in [0.2, 0.25) is 0 Å². The Morgan fingerprint density at radius 1 is 1.24 bits per heavy atom. The molecule has 0 aliphatic carbocycles. The molecule has 7 nitrogen and oxygen atoms in total. The zero-order chi connectivity index (χ0) is 15.8. The van der Waals surface area contributed by atoms with Crippen molar-refractivity contribution < 1.29 is 24.2 Å². The van der Waals surface area contributed by atoms with Gasteiger partial charge in [-0.05, 0) is 31.0 Å². The molecule has 1 atom stereocenters. The molecule has 0 saturated carbocycles. The van der Waals surface area contributed by atoms with Crippen LogP contribution in [0.25, 0.3) is 0 Å². The number of methoxy groups -OCH3 is 1. The van der Waals surface area contributed by atoms with Gasteiger partial charge in [-0.2, -0.15) is 0 Å². The third kappa shape index (κ3) is 5.52. The first-order valence-corrected chi connectivity index (χ1v) is 6.38. The number of urea groups is 1. The summed E-state index contributed by atoms with van der Waals surface area (Å²) in [5, 5.41) is 13.8. The van der Waals surface area contributed by atoms with E-state index in [2.05, 4.69) is 15.4 Å². The van der Waals surface area contributed by atoms with E-state index in [0.29, 0.717) is 13.0 Å². The molecular formula is C14H18N2O5. The van der Waals surface area contributed by atoms with Crippen molar-refractivity contribution in [3.05, 3.63) is 35.4 Å². The van der Waals surface area contributed by atoms with Crippen molar-refractivity contribution in [2.75, 3.05) is 13.7 Å². The lowest BCUT2D eigenvalue weighted by molar-refractivity contribution is -0.142. The normalized spacial score (nSPS) is 11.3. The van der Waals surface area contributed by atoms with Gasteiger partial charge in [0.1, 0.15) is 6.04 Å². The Morgan fingerprint density at radius 2 is 1.86 bits per heavy atom. The van der Waals surface area contributed by atoms with Gasteiger partial charge in [0.05, 0.1) is 12.7 Å². The van der Waals surface area contributed by atoms with Crippen molar-refractivity contribution in [3.8, 4) is 0 Å². The summed E-state index contributed by atoms with van der Waals surface area (Å²) in [6.45, 7) is 1.89. The molecule has 0 heterocycles. The number of benzene rings is 1. The number of ether oxygens (including phenoxy) is 1. The third-order valence-electron chi connectivity index (χ3n) is 2.80. The Morgan fingerprint density at radius 3 is 2.38 bits per heavy atom. The maximum absolute atomic E-state index is 11.5. The van der Waals surface area contributed by atoms with E-state index >= 15 is 0 Å². The molecule has 2 amide bonds. The molecule has 0 aromatic heterocycles. The van der Waals surface area contributed by atoms with Crippen LogP contribution in [0.4, 0.5) is 4.79 Å². The minimum absolute atomic E-state index is 0.219. The number of aromatic carboxylic acids is 1. The first kappa shape index (κ1) is 16.5. The van der Waals surface area contributed by atoms with Gasteiger partial charge in [-0.15, -0.1) is 0 Å². The quantitative estimate of drug-likeness (QED) is 0.673. The summed E-state index contributed by atoms with van der Waals surface area (Å²) in [6, 6.07) is 5.23. The summed E-state index contributed by atoms with van der Waals surface area (Å²) in [5.41, 5.74) is 1.12. The predicted octanol–water partition coefficient (Wildman–Crippen LogP) is 0.788. The van der Waals surface area contributed by atoms with Crippen LogP contribution in [-0.2, 0) is 16.0 Å². The molecule has 0 fully saturated rings. The first-order valence-electron chi connectivity index (χ1n) is 6.38. The summed E-state index contributed by atoms with van der Waals surface area (Å²) in [4.78, 5) is 33.3. The lowest BCUT2D eigenvalue weighted by atomic mass is 10.1. The summed E-state index contributed by atoms with van der Waals surface area (Å²) in [6.07, 6.45) is 0.555. The van der Waals surface area contributed by atoms with Crippen molar-refractivity contribution in [2.45, 2.75) is 19.4 Å². The lowest BCUT2D eigenvalue weighted by Crippen LogP contribution is -2.45. The Balaban J connectivity index is 2.34. The molecule has 0 bridgehead atoms. The number of carbonyl (C=O) groups is 3. The van der Waals surface area contributed by atoms with Gasteiger partial charge in [-0.25, -0.2) is 14.4 Å². The van der Waals surface area contributed by atoms with Crippen LogP contribution in [0.1, 0.15) is 22.8 Å². The number of hydrogen-bond acceptors (Lipinski definition) is 4. The molecule has 3 N–H and O–H groups in total. The Labute approximate surface area is 122 Å². The highest BCUT2D eigenvalue weighted by Crippen LogP contribution is 2.04. The van der Waals surface area contributed by atoms with Gasteiger partial charge >= 0.3 is 18.0 Å². The number of hydrogen-bond donors (Lipinski definition) is 3. The highest BCUT2D eigenvalue weighted by atomic mass is 16.5. The van der Waals surface area contributed by atoms with Gasteiger partial charge in [0.2, 0.25) is 0 Å². The smallest absolute Gasteiger partial charge is 0.335 e. The molecule has 114 valence electrons. The van der Waals surface area contributed by atoms with Gasteiger partial charge in [0, 0.05) is 6.54 Å². The molecule has 0 saturated heterocycles. The Hall–Kier alpha value is -2.57. The molecule has 0 spiro atoms. The summed E-state index contributed by atoms with van der Waals surface area (Å²) in [7, 11) is 1.25. The van der Waals surface area contributed by atoms with Crippen LogP contribution < -0.4 is 10.6 Å².